The summed E-state index contributed by atoms with van der Waals surface area (Å²) in [5.74, 6) is -0.698. The number of aliphatic imine (C=N–C) groups is 2. The van der Waals surface area contributed by atoms with Gasteiger partial charge in [0.1, 0.15) is 6.34 Å². The topological polar surface area (TPSA) is 51.0 Å². The Morgan fingerprint density at radius 1 is 1.43 bits per heavy atom. The van der Waals surface area contributed by atoms with E-state index in [1.807, 2.05) is 0 Å². The van der Waals surface area contributed by atoms with E-state index in [0.29, 0.717) is 18.9 Å². The normalized spacial score (nSPS) is 29.1. The third-order valence-corrected chi connectivity index (χ3v) is 2.51. The number of ether oxygens (including phenoxy) is 1. The highest BCUT2D eigenvalue weighted by Gasteiger charge is 2.32. The van der Waals surface area contributed by atoms with Crippen LogP contribution in [0.15, 0.2) is 9.98 Å². The van der Waals surface area contributed by atoms with Crippen molar-refractivity contribution in [3.8, 4) is 0 Å². The fourth-order valence-electron chi connectivity index (χ4n) is 1.72. The van der Waals surface area contributed by atoms with Crippen LogP contribution in [0.2, 0.25) is 0 Å². The zero-order valence-electron chi connectivity index (χ0n) is 7.65. The molecule has 1 saturated heterocycles. The molecule has 0 bridgehead atoms. The van der Waals surface area contributed by atoms with Crippen LogP contribution < -0.4 is 0 Å². The van der Waals surface area contributed by atoms with Gasteiger partial charge in [-0.15, -0.1) is 0 Å². The molecule has 2 aliphatic rings. The zero-order valence-corrected chi connectivity index (χ0v) is 7.65. The maximum absolute atomic E-state index is 13.4. The molecule has 76 valence electrons. The predicted molar refractivity (Wildman–Crippen MR) is 49.4 cm³/mol. The molecule has 14 heavy (non-hydrogen) atoms. The van der Waals surface area contributed by atoms with Crippen molar-refractivity contribution in [3.63, 3.8) is 0 Å². The maximum Gasteiger partial charge on any atom is 0.287 e. The van der Waals surface area contributed by atoms with E-state index in [-0.39, 0.29) is 5.92 Å². The average molecular weight is 198 g/mol. The van der Waals surface area contributed by atoms with Crippen molar-refractivity contribution in [2.45, 2.75) is 19.0 Å². The van der Waals surface area contributed by atoms with E-state index in [2.05, 4.69) is 9.98 Å². The van der Waals surface area contributed by atoms with Crippen LogP contribution >= 0.6 is 0 Å². The fraction of sp³-hybridized carbons (Fsp3) is 0.667. The molecule has 0 aromatic rings. The number of alkyl halides is 1. The Morgan fingerprint density at radius 3 is 2.86 bits per heavy atom. The molecule has 1 atom stereocenters. The van der Waals surface area contributed by atoms with Gasteiger partial charge in [0.25, 0.3) is 5.91 Å². The van der Waals surface area contributed by atoms with Crippen molar-refractivity contribution < 1.29 is 13.9 Å². The standard InChI is InChI=1S/C9H11FN2O2/c10-7-8(11-5-12-9(7)13)6-1-3-14-4-2-6/h5-7H,1-4H2. The highest BCUT2D eigenvalue weighted by atomic mass is 19.1. The summed E-state index contributed by atoms with van der Waals surface area (Å²) in [6.45, 7) is 1.23. The Bertz CT molecular complexity index is 295. The second-order valence-corrected chi connectivity index (χ2v) is 3.39. The molecule has 2 aliphatic heterocycles. The number of nitrogens with zero attached hydrogens (tertiary/aromatic N) is 2. The van der Waals surface area contributed by atoms with Gasteiger partial charge < -0.3 is 4.74 Å². The van der Waals surface area contributed by atoms with Crippen molar-refractivity contribution in [3.05, 3.63) is 0 Å². The van der Waals surface area contributed by atoms with Gasteiger partial charge in [-0.25, -0.2) is 9.38 Å². The molecule has 1 amide bonds. The number of hydrogen-bond acceptors (Lipinski definition) is 3. The van der Waals surface area contributed by atoms with Gasteiger partial charge >= 0.3 is 0 Å². The second-order valence-electron chi connectivity index (χ2n) is 3.39. The number of rotatable bonds is 1. The summed E-state index contributed by atoms with van der Waals surface area (Å²) in [6, 6.07) is 0. The zero-order chi connectivity index (χ0) is 9.97. The monoisotopic (exact) mass is 198 g/mol. The van der Waals surface area contributed by atoms with E-state index < -0.39 is 12.1 Å². The molecule has 0 saturated carbocycles. The fourth-order valence-corrected chi connectivity index (χ4v) is 1.72. The lowest BCUT2D eigenvalue weighted by atomic mass is 9.91. The van der Waals surface area contributed by atoms with Crippen molar-refractivity contribution in [1.82, 2.24) is 0 Å². The van der Waals surface area contributed by atoms with Gasteiger partial charge in [-0.2, -0.15) is 4.99 Å². The van der Waals surface area contributed by atoms with Crippen LogP contribution in [0.25, 0.3) is 0 Å². The van der Waals surface area contributed by atoms with Crippen molar-refractivity contribution >= 4 is 18.0 Å². The lowest BCUT2D eigenvalue weighted by Crippen LogP contribution is -2.36. The summed E-state index contributed by atoms with van der Waals surface area (Å²) in [7, 11) is 0. The van der Waals surface area contributed by atoms with Gasteiger partial charge in [-0.1, -0.05) is 0 Å². The Hall–Kier alpha value is -1.10. The van der Waals surface area contributed by atoms with Gasteiger partial charge in [-0.05, 0) is 12.8 Å². The number of carbonyl (C=O) groups excluding carboxylic acids is 1. The number of amides is 1. The Kier molecular flexibility index (Phi) is 2.67. The minimum atomic E-state index is -1.64. The smallest absolute Gasteiger partial charge is 0.287 e. The molecule has 0 aromatic heterocycles. The lowest BCUT2D eigenvalue weighted by Gasteiger charge is -2.25. The Labute approximate surface area is 80.9 Å². The average Bonchev–Trinajstić information content (AvgIpc) is 2.23. The highest BCUT2D eigenvalue weighted by Crippen LogP contribution is 2.21. The highest BCUT2D eigenvalue weighted by molar-refractivity contribution is 6.14. The molecule has 2 heterocycles. The Balaban J connectivity index is 2.12. The first-order valence-electron chi connectivity index (χ1n) is 4.65. The van der Waals surface area contributed by atoms with Crippen LogP contribution in [-0.4, -0.2) is 37.3 Å². The third-order valence-electron chi connectivity index (χ3n) is 2.51. The van der Waals surface area contributed by atoms with Gasteiger partial charge in [0.2, 0.25) is 6.17 Å². The van der Waals surface area contributed by atoms with Crippen LogP contribution in [-0.2, 0) is 9.53 Å². The SMILES string of the molecule is O=C1N=CN=C(C2CCOCC2)C1F. The molecule has 0 spiro atoms. The van der Waals surface area contributed by atoms with Crippen LogP contribution in [0.5, 0.6) is 0 Å². The van der Waals surface area contributed by atoms with Gasteiger partial charge in [0.05, 0.1) is 5.71 Å². The summed E-state index contributed by atoms with van der Waals surface area (Å²) in [4.78, 5) is 18.1. The van der Waals surface area contributed by atoms with Gasteiger partial charge in [0, 0.05) is 19.1 Å². The summed E-state index contributed by atoms with van der Waals surface area (Å²) < 4.78 is 18.5. The Morgan fingerprint density at radius 2 is 2.14 bits per heavy atom. The molecule has 0 aromatic carbocycles. The van der Waals surface area contributed by atoms with Crippen molar-refractivity contribution in [2.75, 3.05) is 13.2 Å². The van der Waals surface area contributed by atoms with Crippen LogP contribution in [0.3, 0.4) is 0 Å². The van der Waals surface area contributed by atoms with Crippen LogP contribution in [0.4, 0.5) is 4.39 Å². The molecular weight excluding hydrogens is 187 g/mol. The predicted octanol–water partition coefficient (Wildman–Crippen LogP) is 0.761. The first-order chi connectivity index (χ1) is 6.79. The summed E-state index contributed by atoms with van der Waals surface area (Å²) in [5.41, 5.74) is 0.327. The lowest BCUT2D eigenvalue weighted by molar-refractivity contribution is -0.120. The molecule has 5 heteroatoms. The van der Waals surface area contributed by atoms with Crippen molar-refractivity contribution in [2.24, 2.45) is 15.9 Å². The molecule has 0 aliphatic carbocycles. The molecule has 1 fully saturated rings. The maximum atomic E-state index is 13.4. The minimum absolute atomic E-state index is 0.0365. The molecule has 0 N–H and O–H groups in total. The number of hydrogen-bond donors (Lipinski definition) is 0. The summed E-state index contributed by atoms with van der Waals surface area (Å²) >= 11 is 0. The second kappa shape index (κ2) is 3.96. The van der Waals surface area contributed by atoms with Crippen molar-refractivity contribution in [1.29, 1.82) is 0 Å². The molecule has 4 nitrogen and oxygen atoms in total. The largest absolute Gasteiger partial charge is 0.381 e. The van der Waals surface area contributed by atoms with E-state index >= 15 is 0 Å². The van der Waals surface area contributed by atoms with E-state index in [1.165, 1.54) is 0 Å². The van der Waals surface area contributed by atoms with E-state index in [9.17, 15) is 9.18 Å². The molecule has 0 radical (unpaired) electrons. The summed E-state index contributed by atoms with van der Waals surface area (Å²) in [5, 5.41) is 0. The molecular formula is C9H11FN2O2. The minimum Gasteiger partial charge on any atom is -0.381 e. The van der Waals surface area contributed by atoms with Gasteiger partial charge in [-0.3, -0.25) is 4.79 Å². The number of carbonyl (C=O) groups is 1. The molecule has 1 unspecified atom stereocenters. The van der Waals surface area contributed by atoms with E-state index in [0.717, 1.165) is 19.2 Å². The summed E-state index contributed by atoms with van der Waals surface area (Å²) in [6.07, 6.45) is 0.979. The molecule has 2 rings (SSSR count). The van der Waals surface area contributed by atoms with Crippen LogP contribution in [0, 0.1) is 5.92 Å². The first kappa shape index (κ1) is 9.45. The first-order valence-corrected chi connectivity index (χ1v) is 4.65. The van der Waals surface area contributed by atoms with E-state index in [1.54, 1.807) is 0 Å². The van der Waals surface area contributed by atoms with Crippen LogP contribution in [0.1, 0.15) is 12.8 Å². The quantitative estimate of drug-likeness (QED) is 0.624. The van der Waals surface area contributed by atoms with E-state index in [4.69, 9.17) is 4.74 Å². The van der Waals surface area contributed by atoms with Gasteiger partial charge in [0.15, 0.2) is 0 Å². The third kappa shape index (κ3) is 1.72. The number of halogens is 1.